The molecule has 0 aromatic carbocycles. The highest BCUT2D eigenvalue weighted by molar-refractivity contribution is 7.13. The first kappa shape index (κ1) is 19.1. The zero-order valence-electron chi connectivity index (χ0n) is 13.4. The number of methoxy groups -OCH3 is 2. The number of aliphatic hydroxyl groups is 1. The van der Waals surface area contributed by atoms with Gasteiger partial charge in [0.15, 0.2) is 0 Å². The van der Waals surface area contributed by atoms with Crippen molar-refractivity contribution in [1.29, 1.82) is 0 Å². The van der Waals surface area contributed by atoms with E-state index in [1.165, 1.54) is 31.8 Å². The number of amides is 1. The van der Waals surface area contributed by atoms with Crippen molar-refractivity contribution in [2.24, 2.45) is 10.7 Å². The van der Waals surface area contributed by atoms with Crippen LogP contribution in [0.5, 0.6) is 0 Å². The zero-order chi connectivity index (χ0) is 17.4. The summed E-state index contributed by atoms with van der Waals surface area (Å²) in [4.78, 5) is 20.8. The van der Waals surface area contributed by atoms with E-state index in [9.17, 15) is 9.90 Å². The molecule has 0 bridgehead atoms. The van der Waals surface area contributed by atoms with Crippen LogP contribution in [0.1, 0.15) is 14.7 Å². The van der Waals surface area contributed by atoms with Crippen LogP contribution in [0, 0.1) is 6.92 Å². The van der Waals surface area contributed by atoms with Gasteiger partial charge in [0.2, 0.25) is 0 Å². The van der Waals surface area contributed by atoms with Crippen molar-refractivity contribution in [2.45, 2.75) is 19.0 Å². The first-order chi connectivity index (χ1) is 10.9. The van der Waals surface area contributed by atoms with Crippen molar-refractivity contribution >= 4 is 23.1 Å². The quantitative estimate of drug-likeness (QED) is 0.344. The number of aromatic nitrogens is 1. The molecule has 0 saturated heterocycles. The van der Waals surface area contributed by atoms with E-state index in [1.54, 1.807) is 0 Å². The SMILES string of the molecule is C=C(O)[C@H](COC)N=C(N)[C@H](COC)NC(=O)c1cnc(C)s1. The first-order valence-corrected chi connectivity index (χ1v) is 7.62. The minimum Gasteiger partial charge on any atom is -0.511 e. The van der Waals surface area contributed by atoms with Gasteiger partial charge in [0.05, 0.1) is 24.4 Å². The van der Waals surface area contributed by atoms with E-state index in [4.69, 9.17) is 15.2 Å². The second-order valence-electron chi connectivity index (χ2n) is 4.74. The van der Waals surface area contributed by atoms with Crippen molar-refractivity contribution in [2.75, 3.05) is 27.4 Å². The summed E-state index contributed by atoms with van der Waals surface area (Å²) in [6.07, 6.45) is 1.50. The van der Waals surface area contributed by atoms with E-state index >= 15 is 0 Å². The van der Waals surface area contributed by atoms with E-state index < -0.39 is 12.1 Å². The maximum atomic E-state index is 12.2. The topological polar surface area (TPSA) is 119 Å². The molecule has 0 spiro atoms. The number of ether oxygens (including phenoxy) is 2. The second-order valence-corrected chi connectivity index (χ2v) is 5.98. The van der Waals surface area contributed by atoms with E-state index in [0.717, 1.165) is 5.01 Å². The van der Waals surface area contributed by atoms with Gasteiger partial charge in [0, 0.05) is 14.2 Å². The normalized spacial score (nSPS) is 14.3. The standard InChI is InChI=1S/C14H22N4O4S/c1-8(19)10(6-21-3)17-13(15)11(7-22-4)18-14(20)12-5-16-9(2)23-12/h5,10-11,19H,1,6-7H2,2-4H3,(H2,15,17)(H,18,20)/t10-,11-/m0/s1. The Bertz CT molecular complexity index is 573. The smallest absolute Gasteiger partial charge is 0.263 e. The molecule has 0 fully saturated rings. The predicted molar refractivity (Wildman–Crippen MR) is 89.0 cm³/mol. The number of aryl methyl sites for hydroxylation is 1. The molecule has 0 aliphatic carbocycles. The highest BCUT2D eigenvalue weighted by atomic mass is 32.1. The first-order valence-electron chi connectivity index (χ1n) is 6.81. The monoisotopic (exact) mass is 342 g/mol. The summed E-state index contributed by atoms with van der Waals surface area (Å²) in [5, 5.41) is 13.0. The molecule has 1 aromatic heterocycles. The summed E-state index contributed by atoms with van der Waals surface area (Å²) < 4.78 is 10.0. The summed E-state index contributed by atoms with van der Waals surface area (Å²) in [7, 11) is 2.96. The molecule has 0 radical (unpaired) electrons. The van der Waals surface area contributed by atoms with E-state index in [-0.39, 0.29) is 30.7 Å². The molecule has 0 saturated carbocycles. The van der Waals surface area contributed by atoms with Gasteiger partial charge in [-0.1, -0.05) is 6.58 Å². The molecule has 1 heterocycles. The summed E-state index contributed by atoms with van der Waals surface area (Å²) in [5.74, 6) is -0.379. The van der Waals surface area contributed by atoms with Crippen LogP contribution >= 0.6 is 11.3 Å². The minimum absolute atomic E-state index is 0.110. The van der Waals surface area contributed by atoms with Crippen LogP contribution in [0.15, 0.2) is 23.5 Å². The van der Waals surface area contributed by atoms with Crippen LogP contribution in [0.2, 0.25) is 0 Å². The summed E-state index contributed by atoms with van der Waals surface area (Å²) in [6.45, 7) is 5.50. The van der Waals surface area contributed by atoms with Gasteiger partial charge in [0.1, 0.15) is 28.6 Å². The molecule has 1 amide bonds. The Hall–Kier alpha value is -1.97. The van der Waals surface area contributed by atoms with Crippen LogP contribution in [-0.4, -0.2) is 61.4 Å². The number of rotatable bonds is 9. The fourth-order valence-corrected chi connectivity index (χ4v) is 2.38. The lowest BCUT2D eigenvalue weighted by molar-refractivity contribution is 0.0925. The number of nitrogens with two attached hydrogens (primary N) is 1. The Balaban J connectivity index is 2.87. The average Bonchev–Trinajstić information content (AvgIpc) is 2.92. The summed E-state index contributed by atoms with van der Waals surface area (Å²) in [6, 6.07) is -1.35. The molecule has 8 nitrogen and oxygen atoms in total. The third-order valence-electron chi connectivity index (χ3n) is 2.85. The van der Waals surface area contributed by atoms with E-state index in [1.807, 2.05) is 6.92 Å². The molecule has 128 valence electrons. The molecule has 1 rings (SSSR count). The molecule has 2 atom stereocenters. The number of hydrogen-bond donors (Lipinski definition) is 3. The van der Waals surface area contributed by atoms with Gasteiger partial charge in [-0.2, -0.15) is 0 Å². The molecule has 0 unspecified atom stereocenters. The lowest BCUT2D eigenvalue weighted by Crippen LogP contribution is -2.48. The van der Waals surface area contributed by atoms with Crippen LogP contribution in [0.25, 0.3) is 0 Å². The molecule has 4 N–H and O–H groups in total. The number of hydrogen-bond acceptors (Lipinski definition) is 7. The number of thiazole rings is 1. The van der Waals surface area contributed by atoms with E-state index in [2.05, 4.69) is 21.9 Å². The Morgan fingerprint density at radius 3 is 2.65 bits per heavy atom. The van der Waals surface area contributed by atoms with Crippen molar-refractivity contribution in [3.8, 4) is 0 Å². The molecule has 0 aliphatic heterocycles. The van der Waals surface area contributed by atoms with Gasteiger partial charge in [-0.3, -0.25) is 9.79 Å². The number of nitrogens with zero attached hydrogens (tertiary/aromatic N) is 2. The number of amidine groups is 1. The zero-order valence-corrected chi connectivity index (χ0v) is 14.2. The largest absolute Gasteiger partial charge is 0.511 e. The average molecular weight is 342 g/mol. The molecule has 23 heavy (non-hydrogen) atoms. The molecule has 9 heteroatoms. The van der Waals surface area contributed by atoms with Gasteiger partial charge in [-0.15, -0.1) is 11.3 Å². The van der Waals surface area contributed by atoms with Crippen LogP contribution in [-0.2, 0) is 9.47 Å². The molecule has 1 aromatic rings. The molecule has 0 aliphatic rings. The molecular weight excluding hydrogens is 320 g/mol. The number of nitrogens with one attached hydrogen (secondary N) is 1. The van der Waals surface area contributed by atoms with Crippen LogP contribution in [0.3, 0.4) is 0 Å². The van der Waals surface area contributed by atoms with E-state index in [0.29, 0.717) is 4.88 Å². The fraction of sp³-hybridized carbons (Fsp3) is 0.500. The Kier molecular flexibility index (Phi) is 7.66. The number of aliphatic hydroxyl groups excluding tert-OH is 1. The minimum atomic E-state index is -0.707. The Morgan fingerprint density at radius 2 is 2.17 bits per heavy atom. The van der Waals surface area contributed by atoms with Crippen LogP contribution in [0.4, 0.5) is 0 Å². The summed E-state index contributed by atoms with van der Waals surface area (Å²) >= 11 is 1.28. The van der Waals surface area contributed by atoms with Gasteiger partial charge in [0.25, 0.3) is 5.91 Å². The van der Waals surface area contributed by atoms with Gasteiger partial charge in [-0.25, -0.2) is 4.98 Å². The summed E-state index contributed by atoms with van der Waals surface area (Å²) in [5.41, 5.74) is 5.94. The number of aliphatic imine (C=N–C) groups is 1. The Labute approximate surface area is 139 Å². The third-order valence-corrected chi connectivity index (χ3v) is 3.77. The lowest BCUT2D eigenvalue weighted by atomic mass is 10.2. The lowest BCUT2D eigenvalue weighted by Gasteiger charge is -2.19. The highest BCUT2D eigenvalue weighted by Crippen LogP contribution is 2.11. The van der Waals surface area contributed by atoms with Crippen LogP contribution < -0.4 is 11.1 Å². The predicted octanol–water partition coefficient (Wildman–Crippen LogP) is 0.640. The number of carbonyl (C=O) groups excluding carboxylic acids is 1. The third kappa shape index (κ3) is 5.97. The highest BCUT2D eigenvalue weighted by Gasteiger charge is 2.21. The van der Waals surface area contributed by atoms with Crippen molar-refractivity contribution in [1.82, 2.24) is 10.3 Å². The Morgan fingerprint density at radius 1 is 1.52 bits per heavy atom. The maximum Gasteiger partial charge on any atom is 0.263 e. The van der Waals surface area contributed by atoms with Gasteiger partial charge < -0.3 is 25.6 Å². The molecular formula is C14H22N4O4S. The maximum absolute atomic E-state index is 12.2. The van der Waals surface area contributed by atoms with Crippen molar-refractivity contribution in [3.63, 3.8) is 0 Å². The van der Waals surface area contributed by atoms with Gasteiger partial charge >= 0.3 is 0 Å². The van der Waals surface area contributed by atoms with Gasteiger partial charge in [-0.05, 0) is 6.92 Å². The number of carbonyl (C=O) groups is 1. The van der Waals surface area contributed by atoms with Crippen molar-refractivity contribution < 1.29 is 19.4 Å². The second kappa shape index (κ2) is 9.23. The van der Waals surface area contributed by atoms with Crippen molar-refractivity contribution in [3.05, 3.63) is 28.4 Å². The fourth-order valence-electron chi connectivity index (χ4n) is 1.70.